The van der Waals surface area contributed by atoms with Crippen LogP contribution >= 0.6 is 0 Å². The lowest BCUT2D eigenvalue weighted by Gasteiger charge is -2.09. The quantitative estimate of drug-likeness (QED) is 0.744. The summed E-state index contributed by atoms with van der Waals surface area (Å²) in [6.45, 7) is 1.02. The van der Waals surface area contributed by atoms with Crippen LogP contribution < -0.4 is 14.8 Å². The Balaban J connectivity index is 1.34. The van der Waals surface area contributed by atoms with E-state index in [4.69, 9.17) is 9.47 Å². The zero-order chi connectivity index (χ0) is 16.8. The molecule has 0 bridgehead atoms. The van der Waals surface area contributed by atoms with Gasteiger partial charge in [-0.3, -0.25) is 4.79 Å². The van der Waals surface area contributed by atoms with Crippen LogP contribution in [0.2, 0.25) is 0 Å². The topological polar surface area (TPSA) is 47.6 Å². The number of nitrogens with one attached hydrogen (secondary N) is 1. The maximum atomic E-state index is 12.8. The summed E-state index contributed by atoms with van der Waals surface area (Å²) in [5, 5.41) is 2.89. The van der Waals surface area contributed by atoms with E-state index < -0.39 is 0 Å². The first-order valence-corrected chi connectivity index (χ1v) is 8.13. The second-order valence-electron chi connectivity index (χ2n) is 5.79. The molecule has 0 atom stereocenters. The van der Waals surface area contributed by atoms with Crippen molar-refractivity contribution >= 4 is 11.6 Å². The normalized spacial score (nSPS) is 13.4. The molecule has 0 heterocycles. The molecule has 0 saturated heterocycles. The van der Waals surface area contributed by atoms with E-state index in [2.05, 4.69) is 5.32 Å². The molecule has 1 amide bonds. The summed E-state index contributed by atoms with van der Waals surface area (Å²) in [6, 6.07) is 13.3. The van der Waals surface area contributed by atoms with Crippen LogP contribution in [0.15, 0.2) is 48.5 Å². The molecule has 1 saturated carbocycles. The van der Waals surface area contributed by atoms with Gasteiger partial charge >= 0.3 is 0 Å². The number of carbonyl (C=O) groups excluding carboxylic acids is 1. The average Bonchev–Trinajstić information content (AvgIpc) is 3.43. The monoisotopic (exact) mass is 329 g/mol. The SMILES string of the molecule is O=C(Nc1ccc(OCCCOc2ccc(F)cc2)cc1)C1CC1. The number of carbonyl (C=O) groups is 1. The molecule has 1 aliphatic rings. The second kappa shape index (κ2) is 7.81. The number of halogens is 1. The second-order valence-corrected chi connectivity index (χ2v) is 5.79. The predicted molar refractivity (Wildman–Crippen MR) is 89.8 cm³/mol. The summed E-state index contributed by atoms with van der Waals surface area (Å²) < 4.78 is 23.9. The number of ether oxygens (including phenoxy) is 2. The highest BCUT2D eigenvalue weighted by Crippen LogP contribution is 2.30. The molecule has 1 N–H and O–H groups in total. The number of amides is 1. The Hall–Kier alpha value is -2.56. The van der Waals surface area contributed by atoms with Gasteiger partial charge in [0, 0.05) is 18.0 Å². The van der Waals surface area contributed by atoms with E-state index in [1.54, 1.807) is 12.1 Å². The highest BCUT2D eigenvalue weighted by molar-refractivity contribution is 5.94. The van der Waals surface area contributed by atoms with Gasteiger partial charge in [-0.2, -0.15) is 0 Å². The van der Waals surface area contributed by atoms with E-state index in [9.17, 15) is 9.18 Å². The van der Waals surface area contributed by atoms with Gasteiger partial charge in [0.25, 0.3) is 0 Å². The molecular formula is C19H20FNO3. The van der Waals surface area contributed by atoms with Gasteiger partial charge in [-0.1, -0.05) is 0 Å². The van der Waals surface area contributed by atoms with E-state index in [0.29, 0.717) is 19.0 Å². The number of hydrogen-bond donors (Lipinski definition) is 1. The van der Waals surface area contributed by atoms with Gasteiger partial charge in [0.1, 0.15) is 17.3 Å². The first-order valence-electron chi connectivity index (χ1n) is 8.13. The van der Waals surface area contributed by atoms with Crippen molar-refractivity contribution in [2.24, 2.45) is 5.92 Å². The van der Waals surface area contributed by atoms with Crippen LogP contribution in [0.3, 0.4) is 0 Å². The molecule has 3 rings (SSSR count). The summed E-state index contributed by atoms with van der Waals surface area (Å²) in [4.78, 5) is 11.7. The number of benzene rings is 2. The number of hydrogen-bond acceptors (Lipinski definition) is 3. The van der Waals surface area contributed by atoms with Gasteiger partial charge < -0.3 is 14.8 Å². The average molecular weight is 329 g/mol. The lowest BCUT2D eigenvalue weighted by Crippen LogP contribution is -2.13. The largest absolute Gasteiger partial charge is 0.493 e. The van der Waals surface area contributed by atoms with Crippen molar-refractivity contribution in [2.75, 3.05) is 18.5 Å². The molecule has 0 unspecified atom stereocenters. The zero-order valence-electron chi connectivity index (χ0n) is 13.3. The predicted octanol–water partition coefficient (Wildman–Crippen LogP) is 4.02. The Morgan fingerprint density at radius 2 is 1.50 bits per heavy atom. The lowest BCUT2D eigenvalue weighted by molar-refractivity contribution is -0.117. The maximum Gasteiger partial charge on any atom is 0.227 e. The van der Waals surface area contributed by atoms with Crippen LogP contribution in [0.5, 0.6) is 11.5 Å². The fraction of sp³-hybridized carbons (Fsp3) is 0.316. The third-order valence-electron chi connectivity index (χ3n) is 3.71. The molecule has 1 aliphatic carbocycles. The van der Waals surface area contributed by atoms with Crippen LogP contribution in [0.1, 0.15) is 19.3 Å². The van der Waals surface area contributed by atoms with Crippen LogP contribution in [0.4, 0.5) is 10.1 Å². The molecule has 0 aliphatic heterocycles. The molecule has 2 aromatic carbocycles. The number of rotatable bonds is 8. The molecule has 1 fully saturated rings. The van der Waals surface area contributed by atoms with Crippen molar-refractivity contribution in [2.45, 2.75) is 19.3 Å². The third-order valence-corrected chi connectivity index (χ3v) is 3.71. The fourth-order valence-corrected chi connectivity index (χ4v) is 2.19. The molecule has 4 nitrogen and oxygen atoms in total. The van der Waals surface area contributed by atoms with Crippen molar-refractivity contribution in [1.82, 2.24) is 0 Å². The minimum atomic E-state index is -0.276. The van der Waals surface area contributed by atoms with E-state index in [1.165, 1.54) is 12.1 Å². The first-order chi connectivity index (χ1) is 11.7. The minimum Gasteiger partial charge on any atom is -0.493 e. The fourth-order valence-electron chi connectivity index (χ4n) is 2.19. The summed E-state index contributed by atoms with van der Waals surface area (Å²) in [7, 11) is 0. The van der Waals surface area contributed by atoms with Crippen LogP contribution in [-0.4, -0.2) is 19.1 Å². The Labute approximate surface area is 140 Å². The minimum absolute atomic E-state index is 0.0987. The van der Waals surface area contributed by atoms with Gasteiger partial charge in [0.2, 0.25) is 5.91 Å². The first kappa shape index (κ1) is 16.3. The summed E-state index contributed by atoms with van der Waals surface area (Å²) >= 11 is 0. The van der Waals surface area contributed by atoms with Crippen LogP contribution in [0, 0.1) is 11.7 Å². The van der Waals surface area contributed by atoms with Gasteiger partial charge in [-0.25, -0.2) is 4.39 Å². The molecule has 24 heavy (non-hydrogen) atoms. The van der Waals surface area contributed by atoms with E-state index in [1.807, 2.05) is 24.3 Å². The van der Waals surface area contributed by atoms with Gasteiger partial charge in [0.15, 0.2) is 0 Å². The van der Waals surface area contributed by atoms with Gasteiger partial charge in [-0.05, 0) is 61.4 Å². The maximum absolute atomic E-state index is 12.8. The van der Waals surface area contributed by atoms with E-state index in [-0.39, 0.29) is 17.6 Å². The van der Waals surface area contributed by atoms with Crippen molar-refractivity contribution in [3.8, 4) is 11.5 Å². The summed E-state index contributed by atoms with van der Waals surface area (Å²) in [5.41, 5.74) is 0.791. The molecule has 2 aromatic rings. The molecular weight excluding hydrogens is 309 g/mol. The van der Waals surface area contributed by atoms with Crippen molar-refractivity contribution in [3.63, 3.8) is 0 Å². The standard InChI is InChI=1S/C19H20FNO3/c20-15-4-8-17(9-5-15)23-12-1-13-24-18-10-6-16(7-11-18)21-19(22)14-2-3-14/h4-11,14H,1-3,12-13H2,(H,21,22). The number of anilines is 1. The molecule has 0 aromatic heterocycles. The lowest BCUT2D eigenvalue weighted by atomic mass is 10.3. The van der Waals surface area contributed by atoms with Gasteiger partial charge in [-0.15, -0.1) is 0 Å². The van der Waals surface area contributed by atoms with Gasteiger partial charge in [0.05, 0.1) is 13.2 Å². The Morgan fingerprint density at radius 3 is 2.04 bits per heavy atom. The smallest absolute Gasteiger partial charge is 0.227 e. The Kier molecular flexibility index (Phi) is 5.31. The molecule has 126 valence electrons. The van der Waals surface area contributed by atoms with Crippen molar-refractivity contribution in [3.05, 3.63) is 54.3 Å². The van der Waals surface area contributed by atoms with Crippen LogP contribution in [-0.2, 0) is 4.79 Å². The van der Waals surface area contributed by atoms with E-state index in [0.717, 1.165) is 30.7 Å². The highest BCUT2D eigenvalue weighted by Gasteiger charge is 2.29. The summed E-state index contributed by atoms with van der Waals surface area (Å²) in [6.07, 6.45) is 2.71. The highest BCUT2D eigenvalue weighted by atomic mass is 19.1. The van der Waals surface area contributed by atoms with Crippen molar-refractivity contribution < 1.29 is 18.7 Å². The Bertz CT molecular complexity index is 666. The molecule has 5 heteroatoms. The summed E-state index contributed by atoms with van der Waals surface area (Å²) in [5.74, 6) is 1.42. The van der Waals surface area contributed by atoms with E-state index >= 15 is 0 Å². The van der Waals surface area contributed by atoms with Crippen LogP contribution in [0.25, 0.3) is 0 Å². The Morgan fingerprint density at radius 1 is 0.958 bits per heavy atom. The molecule has 0 spiro atoms. The molecule has 0 radical (unpaired) electrons. The van der Waals surface area contributed by atoms with Crippen molar-refractivity contribution in [1.29, 1.82) is 0 Å². The zero-order valence-corrected chi connectivity index (χ0v) is 13.3. The third kappa shape index (κ3) is 4.98.